The number of rotatable bonds is 8. The second kappa shape index (κ2) is 10.1. The predicted octanol–water partition coefficient (Wildman–Crippen LogP) is 3.45. The Morgan fingerprint density at radius 1 is 0.969 bits per heavy atom. The fourth-order valence-corrected chi connectivity index (χ4v) is 4.41. The van der Waals surface area contributed by atoms with E-state index in [1.54, 1.807) is 48.5 Å². The number of carbonyl (C=O) groups is 1. The Morgan fingerprint density at radius 2 is 1.66 bits per heavy atom. The number of nitrogens with zero attached hydrogens (tertiary/aromatic N) is 3. The number of hydrogen-bond donors (Lipinski definition) is 1. The van der Waals surface area contributed by atoms with Gasteiger partial charge in [0, 0.05) is 19.3 Å². The van der Waals surface area contributed by atoms with Crippen molar-refractivity contribution in [2.45, 2.75) is 11.4 Å². The van der Waals surface area contributed by atoms with Gasteiger partial charge in [0.1, 0.15) is 0 Å². The summed E-state index contributed by atoms with van der Waals surface area (Å²) in [5.74, 6) is -0.257. The van der Waals surface area contributed by atoms with E-state index in [0.717, 1.165) is 5.56 Å². The van der Waals surface area contributed by atoms with Gasteiger partial charge in [-0.2, -0.15) is 5.26 Å². The minimum absolute atomic E-state index is 0.0904. The Morgan fingerprint density at radius 3 is 2.31 bits per heavy atom. The molecule has 1 amide bonds. The second-order valence-electron chi connectivity index (χ2n) is 7.37. The summed E-state index contributed by atoms with van der Waals surface area (Å²) >= 11 is 0. The number of likely N-dealkylation sites (N-methyl/N-ethyl adjacent to an activating group) is 1. The topological polar surface area (TPSA) is 93.5 Å². The molecule has 8 heteroatoms. The Balaban J connectivity index is 1.64. The van der Waals surface area contributed by atoms with E-state index in [1.807, 2.05) is 30.1 Å². The molecule has 0 aliphatic heterocycles. The second-order valence-corrected chi connectivity index (χ2v) is 9.33. The summed E-state index contributed by atoms with van der Waals surface area (Å²) in [6.45, 7) is 0.663. The highest BCUT2D eigenvalue weighted by Crippen LogP contribution is 2.23. The van der Waals surface area contributed by atoms with Crippen LogP contribution in [0.15, 0.2) is 83.8 Å². The first-order chi connectivity index (χ1) is 15.3. The molecular formula is C24H24N4O3S. The van der Waals surface area contributed by atoms with Crippen LogP contribution in [0.3, 0.4) is 0 Å². The normalized spacial score (nSPS) is 11.1. The molecule has 0 unspecified atom stereocenters. The van der Waals surface area contributed by atoms with Crippen LogP contribution < -0.4 is 9.62 Å². The molecule has 3 aromatic carbocycles. The molecule has 0 atom stereocenters. The Bertz CT molecular complexity index is 1220. The quantitative estimate of drug-likeness (QED) is 0.570. The Kier molecular flexibility index (Phi) is 7.25. The maximum Gasteiger partial charge on any atom is 0.264 e. The van der Waals surface area contributed by atoms with Crippen molar-refractivity contribution >= 4 is 27.3 Å². The number of benzene rings is 3. The zero-order chi connectivity index (χ0) is 23.1. The van der Waals surface area contributed by atoms with E-state index < -0.39 is 10.0 Å². The number of sulfonamides is 1. The van der Waals surface area contributed by atoms with Gasteiger partial charge in [-0.1, -0.05) is 36.4 Å². The molecule has 0 aliphatic rings. The average molecular weight is 449 g/mol. The summed E-state index contributed by atoms with van der Waals surface area (Å²) in [6.07, 6.45) is 0. The van der Waals surface area contributed by atoms with Gasteiger partial charge in [-0.15, -0.1) is 0 Å². The van der Waals surface area contributed by atoms with Gasteiger partial charge in [-0.3, -0.25) is 14.0 Å². The third kappa shape index (κ3) is 5.72. The molecule has 3 rings (SSSR count). The van der Waals surface area contributed by atoms with Gasteiger partial charge < -0.3 is 5.32 Å². The molecule has 3 aromatic rings. The number of nitriles is 1. The van der Waals surface area contributed by atoms with Crippen LogP contribution in [-0.2, 0) is 21.4 Å². The molecule has 0 aromatic heterocycles. The lowest BCUT2D eigenvalue weighted by atomic mass is 10.1. The highest BCUT2D eigenvalue weighted by Gasteiger charge is 2.21. The summed E-state index contributed by atoms with van der Waals surface area (Å²) in [4.78, 5) is 14.4. The smallest absolute Gasteiger partial charge is 0.264 e. The van der Waals surface area contributed by atoms with E-state index in [2.05, 4.69) is 11.4 Å². The Hall–Kier alpha value is -3.67. The van der Waals surface area contributed by atoms with Crippen molar-refractivity contribution < 1.29 is 13.2 Å². The minimum atomic E-state index is -3.77. The highest BCUT2D eigenvalue weighted by atomic mass is 32.2. The molecule has 1 N–H and O–H groups in total. The number of amides is 1. The monoisotopic (exact) mass is 448 g/mol. The summed E-state index contributed by atoms with van der Waals surface area (Å²) < 4.78 is 27.2. The van der Waals surface area contributed by atoms with Gasteiger partial charge in [-0.25, -0.2) is 8.42 Å². The van der Waals surface area contributed by atoms with Gasteiger partial charge in [0.2, 0.25) is 5.91 Å². The molecule has 7 nitrogen and oxygen atoms in total. The van der Waals surface area contributed by atoms with Crippen LogP contribution in [-0.4, -0.2) is 39.9 Å². The molecule has 0 spiro atoms. The molecule has 0 heterocycles. The van der Waals surface area contributed by atoms with Crippen molar-refractivity contribution in [2.75, 3.05) is 30.3 Å². The van der Waals surface area contributed by atoms with Crippen molar-refractivity contribution in [2.24, 2.45) is 0 Å². The first-order valence-electron chi connectivity index (χ1n) is 9.91. The molecule has 164 valence electrons. The van der Waals surface area contributed by atoms with Crippen LogP contribution in [0, 0.1) is 11.3 Å². The van der Waals surface area contributed by atoms with Crippen molar-refractivity contribution in [3.63, 3.8) is 0 Å². The number of para-hydroxylation sites is 1. The van der Waals surface area contributed by atoms with Gasteiger partial charge in [0.05, 0.1) is 28.8 Å². The van der Waals surface area contributed by atoms with E-state index >= 15 is 0 Å². The highest BCUT2D eigenvalue weighted by molar-refractivity contribution is 7.92. The fourth-order valence-electron chi connectivity index (χ4n) is 3.17. The van der Waals surface area contributed by atoms with Crippen molar-refractivity contribution in [1.82, 2.24) is 4.90 Å². The van der Waals surface area contributed by atoms with Gasteiger partial charge in [0.25, 0.3) is 10.0 Å². The van der Waals surface area contributed by atoms with Crippen molar-refractivity contribution in [3.8, 4) is 6.07 Å². The summed E-state index contributed by atoms with van der Waals surface area (Å²) in [5.41, 5.74) is 2.52. The minimum Gasteiger partial charge on any atom is -0.325 e. The molecule has 0 saturated carbocycles. The van der Waals surface area contributed by atoms with Crippen molar-refractivity contribution in [3.05, 3.63) is 90.0 Å². The third-order valence-corrected chi connectivity index (χ3v) is 6.63. The van der Waals surface area contributed by atoms with E-state index in [-0.39, 0.29) is 17.3 Å². The largest absolute Gasteiger partial charge is 0.325 e. The molecule has 0 bridgehead atoms. The van der Waals surface area contributed by atoms with Gasteiger partial charge in [0.15, 0.2) is 0 Å². The summed E-state index contributed by atoms with van der Waals surface area (Å²) in [6, 6.07) is 24.2. The maximum atomic E-state index is 13.0. The standard InChI is InChI=1S/C24H24N4O3S/c1-27(17-20-13-11-19(16-25)12-14-20)18-24(29)26-21-7-6-10-23(15-21)32(30,31)28(2)22-8-4-3-5-9-22/h3-15H,17-18H2,1-2H3,(H,26,29). The third-order valence-electron chi connectivity index (χ3n) is 4.85. The lowest BCUT2D eigenvalue weighted by Crippen LogP contribution is -2.30. The molecule has 0 aliphatic carbocycles. The van der Waals surface area contributed by atoms with Crippen LogP contribution in [0.1, 0.15) is 11.1 Å². The van der Waals surface area contributed by atoms with Crippen LogP contribution in [0.5, 0.6) is 0 Å². The molecule has 32 heavy (non-hydrogen) atoms. The molecule has 0 fully saturated rings. The van der Waals surface area contributed by atoms with Gasteiger partial charge in [-0.05, 0) is 55.1 Å². The average Bonchev–Trinajstić information content (AvgIpc) is 2.79. The van der Waals surface area contributed by atoms with E-state index in [4.69, 9.17) is 5.26 Å². The number of hydrogen-bond acceptors (Lipinski definition) is 5. The predicted molar refractivity (Wildman–Crippen MR) is 125 cm³/mol. The lowest BCUT2D eigenvalue weighted by Gasteiger charge is -2.20. The van der Waals surface area contributed by atoms with E-state index in [9.17, 15) is 13.2 Å². The summed E-state index contributed by atoms with van der Waals surface area (Å²) in [5, 5.41) is 11.6. The number of anilines is 2. The van der Waals surface area contributed by atoms with Crippen LogP contribution >= 0.6 is 0 Å². The van der Waals surface area contributed by atoms with Crippen molar-refractivity contribution in [1.29, 1.82) is 5.26 Å². The SMILES string of the molecule is CN(CC(=O)Nc1cccc(S(=O)(=O)N(C)c2ccccc2)c1)Cc1ccc(C#N)cc1. The first-order valence-corrected chi connectivity index (χ1v) is 11.3. The molecular weight excluding hydrogens is 424 g/mol. The molecule has 0 saturated heterocycles. The lowest BCUT2D eigenvalue weighted by molar-refractivity contribution is -0.117. The maximum absolute atomic E-state index is 13.0. The number of carbonyl (C=O) groups excluding carboxylic acids is 1. The van der Waals surface area contributed by atoms with Crippen LogP contribution in [0.4, 0.5) is 11.4 Å². The van der Waals surface area contributed by atoms with Crippen LogP contribution in [0.25, 0.3) is 0 Å². The van der Waals surface area contributed by atoms with E-state index in [1.165, 1.54) is 23.5 Å². The molecule has 0 radical (unpaired) electrons. The summed E-state index contributed by atoms with van der Waals surface area (Å²) in [7, 11) is -0.464. The first kappa shape index (κ1) is 23.0. The van der Waals surface area contributed by atoms with Crippen LogP contribution in [0.2, 0.25) is 0 Å². The Labute approximate surface area is 188 Å². The fraction of sp³-hybridized carbons (Fsp3) is 0.167. The zero-order valence-corrected chi connectivity index (χ0v) is 18.7. The zero-order valence-electron chi connectivity index (χ0n) is 17.9. The van der Waals surface area contributed by atoms with Gasteiger partial charge >= 0.3 is 0 Å². The van der Waals surface area contributed by atoms with E-state index in [0.29, 0.717) is 23.5 Å². The number of nitrogens with one attached hydrogen (secondary N) is 1.